The summed E-state index contributed by atoms with van der Waals surface area (Å²) in [5.41, 5.74) is 2.05. The molecule has 0 aliphatic rings. The van der Waals surface area contributed by atoms with E-state index in [4.69, 9.17) is 0 Å². The van der Waals surface area contributed by atoms with Gasteiger partial charge in [-0.1, -0.05) is 73.9 Å². The second kappa shape index (κ2) is 7.11. The Kier molecular flexibility index (Phi) is 6.26. The molecule has 0 aliphatic heterocycles. The van der Waals surface area contributed by atoms with Gasteiger partial charge in [0.1, 0.15) is 0 Å². The summed E-state index contributed by atoms with van der Waals surface area (Å²) in [4.78, 5) is 0. The predicted octanol–water partition coefficient (Wildman–Crippen LogP) is 3.97. The van der Waals surface area contributed by atoms with E-state index in [0.29, 0.717) is 0 Å². The van der Waals surface area contributed by atoms with Crippen LogP contribution in [0.5, 0.6) is 0 Å². The Morgan fingerprint density at radius 1 is 0.846 bits per heavy atom. The minimum absolute atomic E-state index is 0.786. The fourth-order valence-electron chi connectivity index (χ4n) is 0.818. The molecule has 0 saturated heterocycles. The molecular formula is C13H16. The van der Waals surface area contributed by atoms with Crippen molar-refractivity contribution in [1.29, 1.82) is 0 Å². The van der Waals surface area contributed by atoms with E-state index < -0.39 is 0 Å². The van der Waals surface area contributed by atoms with Crippen LogP contribution in [0.1, 0.15) is 6.42 Å². The Labute approximate surface area is 81.0 Å². The molecule has 0 amide bonds. The molecule has 0 heteroatoms. The third-order valence-electron chi connectivity index (χ3n) is 1.39. The summed E-state index contributed by atoms with van der Waals surface area (Å²) in [6, 6.07) is 0. The summed E-state index contributed by atoms with van der Waals surface area (Å²) in [6.07, 6.45) is 11.8. The van der Waals surface area contributed by atoms with Crippen LogP contribution < -0.4 is 0 Å². The molecule has 0 spiro atoms. The van der Waals surface area contributed by atoms with Crippen molar-refractivity contribution >= 4 is 0 Å². The number of rotatable bonds is 6. The Bertz CT molecular complexity index is 234. The first-order valence-corrected chi connectivity index (χ1v) is 4.14. The lowest BCUT2D eigenvalue weighted by Gasteiger charge is -1.98. The van der Waals surface area contributed by atoms with Crippen LogP contribution in [0, 0.1) is 0 Å². The normalized spacial score (nSPS) is 10.5. The van der Waals surface area contributed by atoms with Gasteiger partial charge in [-0.05, 0) is 6.42 Å². The van der Waals surface area contributed by atoms with Gasteiger partial charge in [-0.15, -0.1) is 0 Å². The molecular weight excluding hydrogens is 156 g/mol. The van der Waals surface area contributed by atoms with Crippen LogP contribution in [0.3, 0.4) is 0 Å². The van der Waals surface area contributed by atoms with Crippen LogP contribution in [-0.4, -0.2) is 0 Å². The fourth-order valence-corrected chi connectivity index (χ4v) is 0.818. The Hall–Kier alpha value is -1.56. The van der Waals surface area contributed by atoms with Gasteiger partial charge >= 0.3 is 0 Å². The summed E-state index contributed by atoms with van der Waals surface area (Å²) in [5, 5.41) is 0. The van der Waals surface area contributed by atoms with E-state index in [0.717, 1.165) is 17.6 Å². The van der Waals surface area contributed by atoms with Crippen LogP contribution in [0.15, 0.2) is 73.9 Å². The van der Waals surface area contributed by atoms with Crippen molar-refractivity contribution in [3.05, 3.63) is 73.9 Å². The van der Waals surface area contributed by atoms with Crippen molar-refractivity contribution in [3.63, 3.8) is 0 Å². The van der Waals surface area contributed by atoms with E-state index in [1.807, 2.05) is 24.3 Å². The molecule has 0 heterocycles. The van der Waals surface area contributed by atoms with Gasteiger partial charge in [0, 0.05) is 0 Å². The molecule has 0 unspecified atom stereocenters. The Balaban J connectivity index is 3.98. The predicted molar refractivity (Wildman–Crippen MR) is 61.6 cm³/mol. The summed E-state index contributed by atoms with van der Waals surface area (Å²) < 4.78 is 0. The lowest BCUT2D eigenvalue weighted by atomic mass is 10.1. The summed E-state index contributed by atoms with van der Waals surface area (Å²) >= 11 is 0. The second-order valence-corrected chi connectivity index (χ2v) is 2.68. The van der Waals surface area contributed by atoms with Crippen LogP contribution >= 0.6 is 0 Å². The topological polar surface area (TPSA) is 0 Å². The van der Waals surface area contributed by atoms with E-state index in [2.05, 4.69) is 26.3 Å². The third-order valence-corrected chi connectivity index (χ3v) is 1.39. The first-order valence-electron chi connectivity index (χ1n) is 4.14. The van der Waals surface area contributed by atoms with Gasteiger partial charge in [0.2, 0.25) is 0 Å². The number of hydrogen-bond donors (Lipinski definition) is 0. The maximum Gasteiger partial charge on any atom is -0.00375 e. The summed E-state index contributed by atoms with van der Waals surface area (Å²) in [7, 11) is 0. The van der Waals surface area contributed by atoms with Crippen molar-refractivity contribution in [2.75, 3.05) is 0 Å². The molecule has 0 bridgehead atoms. The minimum atomic E-state index is 0.786. The summed E-state index contributed by atoms with van der Waals surface area (Å²) in [5.74, 6) is 0. The molecule has 0 saturated carbocycles. The standard InChI is InChI=1S/C13H16/c1-5-7-9-12(3)11-13(4)10-8-6-2/h5-10H,1-4,11H2/b9-7-,10-8-. The van der Waals surface area contributed by atoms with E-state index >= 15 is 0 Å². The van der Waals surface area contributed by atoms with Crippen molar-refractivity contribution in [1.82, 2.24) is 0 Å². The smallest absolute Gasteiger partial charge is 0.00375 e. The quantitative estimate of drug-likeness (QED) is 0.532. The van der Waals surface area contributed by atoms with E-state index in [9.17, 15) is 0 Å². The molecule has 0 atom stereocenters. The average molecular weight is 172 g/mol. The largest absolute Gasteiger partial charge is 0.0991 e. The minimum Gasteiger partial charge on any atom is -0.0991 e. The number of hydrogen-bond acceptors (Lipinski definition) is 0. The monoisotopic (exact) mass is 172 g/mol. The lowest BCUT2D eigenvalue weighted by Crippen LogP contribution is -1.78. The van der Waals surface area contributed by atoms with Crippen LogP contribution in [0.25, 0.3) is 0 Å². The van der Waals surface area contributed by atoms with Crippen molar-refractivity contribution in [3.8, 4) is 0 Å². The first kappa shape index (κ1) is 11.4. The van der Waals surface area contributed by atoms with Crippen LogP contribution in [0.4, 0.5) is 0 Å². The highest BCUT2D eigenvalue weighted by molar-refractivity contribution is 5.29. The molecule has 0 aromatic heterocycles. The second-order valence-electron chi connectivity index (χ2n) is 2.68. The van der Waals surface area contributed by atoms with Gasteiger partial charge in [-0.3, -0.25) is 0 Å². The van der Waals surface area contributed by atoms with Gasteiger partial charge in [0.05, 0.1) is 0 Å². The molecule has 0 aromatic rings. The molecule has 68 valence electrons. The summed E-state index contributed by atoms with van der Waals surface area (Å²) in [6.45, 7) is 14.9. The first-order chi connectivity index (χ1) is 6.20. The van der Waals surface area contributed by atoms with Crippen molar-refractivity contribution < 1.29 is 0 Å². The van der Waals surface area contributed by atoms with Crippen molar-refractivity contribution in [2.24, 2.45) is 0 Å². The Morgan fingerprint density at radius 3 is 1.54 bits per heavy atom. The fraction of sp³-hybridized carbons (Fsp3) is 0.0769. The molecule has 0 fully saturated rings. The highest BCUT2D eigenvalue weighted by Gasteiger charge is 1.89. The van der Waals surface area contributed by atoms with Crippen LogP contribution in [0.2, 0.25) is 0 Å². The van der Waals surface area contributed by atoms with E-state index in [1.165, 1.54) is 0 Å². The van der Waals surface area contributed by atoms with Gasteiger partial charge in [0.25, 0.3) is 0 Å². The molecule has 0 nitrogen and oxygen atoms in total. The molecule has 13 heavy (non-hydrogen) atoms. The van der Waals surface area contributed by atoms with Gasteiger partial charge in [-0.25, -0.2) is 0 Å². The highest BCUT2D eigenvalue weighted by atomic mass is 14.0. The zero-order valence-corrected chi connectivity index (χ0v) is 8.00. The average Bonchev–Trinajstić information content (AvgIpc) is 2.11. The zero-order chi connectivity index (χ0) is 10.1. The lowest BCUT2D eigenvalue weighted by molar-refractivity contribution is 1.23. The Morgan fingerprint density at radius 2 is 1.23 bits per heavy atom. The third kappa shape index (κ3) is 6.82. The van der Waals surface area contributed by atoms with E-state index in [1.54, 1.807) is 12.2 Å². The maximum atomic E-state index is 3.89. The molecule has 0 aliphatic carbocycles. The van der Waals surface area contributed by atoms with Crippen LogP contribution in [-0.2, 0) is 0 Å². The van der Waals surface area contributed by atoms with Gasteiger partial charge in [0.15, 0.2) is 0 Å². The molecule has 0 radical (unpaired) electrons. The zero-order valence-electron chi connectivity index (χ0n) is 8.00. The molecule has 0 rings (SSSR count). The molecule has 0 aromatic carbocycles. The SMILES string of the molecule is C=C/C=C\C(=C)CC(=C)/C=C\C=C. The van der Waals surface area contributed by atoms with E-state index in [-0.39, 0.29) is 0 Å². The highest BCUT2D eigenvalue weighted by Crippen LogP contribution is 2.09. The van der Waals surface area contributed by atoms with Crippen molar-refractivity contribution in [2.45, 2.75) is 6.42 Å². The van der Waals surface area contributed by atoms with Gasteiger partial charge in [-0.2, -0.15) is 0 Å². The maximum absolute atomic E-state index is 3.89. The number of allylic oxidation sites excluding steroid dienone is 8. The molecule has 0 N–H and O–H groups in total. The van der Waals surface area contributed by atoms with Gasteiger partial charge < -0.3 is 0 Å².